The van der Waals surface area contributed by atoms with Crippen LogP contribution >= 0.6 is 0 Å². The molecule has 0 amide bonds. The maximum Gasteiger partial charge on any atom is 0.165 e. The van der Waals surface area contributed by atoms with Crippen LogP contribution in [-0.4, -0.2) is 13.7 Å². The van der Waals surface area contributed by atoms with E-state index in [-0.39, 0.29) is 17.6 Å². The summed E-state index contributed by atoms with van der Waals surface area (Å²) in [6, 6.07) is 15.6. The van der Waals surface area contributed by atoms with Gasteiger partial charge in [0.15, 0.2) is 11.6 Å². The summed E-state index contributed by atoms with van der Waals surface area (Å²) in [6.07, 6.45) is 0. The summed E-state index contributed by atoms with van der Waals surface area (Å²) in [4.78, 5) is 0. The predicted molar refractivity (Wildman–Crippen MR) is 84.2 cm³/mol. The van der Waals surface area contributed by atoms with E-state index < -0.39 is 0 Å². The minimum atomic E-state index is -0.320. The molecular formula is C18H22FNO. The number of benzene rings is 2. The molecule has 0 saturated carbocycles. The van der Waals surface area contributed by atoms with Crippen molar-refractivity contribution in [2.45, 2.75) is 25.8 Å². The Morgan fingerprint density at radius 2 is 1.76 bits per heavy atom. The minimum Gasteiger partial charge on any atom is -0.494 e. The van der Waals surface area contributed by atoms with Crippen molar-refractivity contribution >= 4 is 0 Å². The molecule has 3 heteroatoms. The van der Waals surface area contributed by atoms with Crippen molar-refractivity contribution in [3.8, 4) is 5.75 Å². The normalized spacial score (nSPS) is 13.7. The monoisotopic (exact) mass is 287 g/mol. The van der Waals surface area contributed by atoms with Crippen LogP contribution in [0.5, 0.6) is 5.75 Å². The van der Waals surface area contributed by atoms with Crippen molar-refractivity contribution in [2.75, 3.05) is 13.7 Å². The van der Waals surface area contributed by atoms with Crippen molar-refractivity contribution in [3.63, 3.8) is 0 Å². The molecular weight excluding hydrogens is 265 g/mol. The highest BCUT2D eigenvalue weighted by Crippen LogP contribution is 2.22. The summed E-state index contributed by atoms with van der Waals surface area (Å²) >= 11 is 0. The topological polar surface area (TPSA) is 21.3 Å². The maximum atomic E-state index is 13.7. The molecule has 0 bridgehead atoms. The lowest BCUT2D eigenvalue weighted by Crippen LogP contribution is -2.23. The Hall–Kier alpha value is -1.87. The molecule has 0 fully saturated rings. The highest BCUT2D eigenvalue weighted by molar-refractivity contribution is 5.30. The fourth-order valence-electron chi connectivity index (χ4n) is 2.32. The van der Waals surface area contributed by atoms with E-state index in [2.05, 4.69) is 24.4 Å². The van der Waals surface area contributed by atoms with Crippen molar-refractivity contribution in [2.24, 2.45) is 0 Å². The third kappa shape index (κ3) is 4.05. The van der Waals surface area contributed by atoms with E-state index in [9.17, 15) is 4.39 Å². The van der Waals surface area contributed by atoms with Gasteiger partial charge in [0.05, 0.1) is 7.11 Å². The van der Waals surface area contributed by atoms with Crippen molar-refractivity contribution in [3.05, 3.63) is 65.5 Å². The standard InChI is InChI=1S/C18H22FNO/c1-13(15-7-5-4-6-8-15)12-20-14(2)16-9-10-18(21-3)17(19)11-16/h4-11,13-14,20H,12H2,1-3H3. The molecule has 2 aromatic rings. The second-order valence-corrected chi connectivity index (χ2v) is 5.34. The molecule has 0 heterocycles. The number of rotatable bonds is 6. The molecule has 0 aliphatic rings. The van der Waals surface area contributed by atoms with Gasteiger partial charge in [0.1, 0.15) is 0 Å². The van der Waals surface area contributed by atoms with E-state index in [1.165, 1.54) is 18.7 Å². The van der Waals surface area contributed by atoms with Crippen LogP contribution in [0.25, 0.3) is 0 Å². The van der Waals surface area contributed by atoms with Gasteiger partial charge < -0.3 is 10.1 Å². The Labute approximate surface area is 126 Å². The Kier molecular flexibility index (Phi) is 5.34. The lowest BCUT2D eigenvalue weighted by atomic mass is 10.0. The van der Waals surface area contributed by atoms with Gasteiger partial charge in [0.2, 0.25) is 0 Å². The molecule has 0 saturated heterocycles. The molecule has 2 aromatic carbocycles. The Balaban J connectivity index is 1.95. The molecule has 0 radical (unpaired) electrons. The van der Waals surface area contributed by atoms with E-state index in [4.69, 9.17) is 4.74 Å². The van der Waals surface area contributed by atoms with Crippen LogP contribution in [0.3, 0.4) is 0 Å². The van der Waals surface area contributed by atoms with Gasteiger partial charge in [-0.2, -0.15) is 0 Å². The quantitative estimate of drug-likeness (QED) is 0.856. The molecule has 2 rings (SSSR count). The lowest BCUT2D eigenvalue weighted by molar-refractivity contribution is 0.385. The smallest absolute Gasteiger partial charge is 0.165 e. The van der Waals surface area contributed by atoms with Crippen LogP contribution in [0.1, 0.15) is 36.9 Å². The van der Waals surface area contributed by atoms with Gasteiger partial charge in [-0.1, -0.05) is 43.3 Å². The Bertz CT molecular complexity index is 571. The van der Waals surface area contributed by atoms with Gasteiger partial charge in [0.25, 0.3) is 0 Å². The first kappa shape index (κ1) is 15.5. The average molecular weight is 287 g/mol. The van der Waals surface area contributed by atoms with Gasteiger partial charge in [0, 0.05) is 12.6 Å². The van der Waals surface area contributed by atoms with Crippen LogP contribution in [-0.2, 0) is 0 Å². The second-order valence-electron chi connectivity index (χ2n) is 5.34. The Morgan fingerprint density at radius 3 is 2.38 bits per heavy atom. The number of hydrogen-bond acceptors (Lipinski definition) is 2. The van der Waals surface area contributed by atoms with E-state index in [0.29, 0.717) is 5.92 Å². The van der Waals surface area contributed by atoms with Crippen LogP contribution in [0, 0.1) is 5.82 Å². The Morgan fingerprint density at radius 1 is 1.05 bits per heavy atom. The number of methoxy groups -OCH3 is 1. The summed E-state index contributed by atoms with van der Waals surface area (Å²) in [6.45, 7) is 5.07. The first-order valence-electron chi connectivity index (χ1n) is 7.23. The SMILES string of the molecule is COc1ccc(C(C)NCC(C)c2ccccc2)cc1F. The van der Waals surface area contributed by atoms with Crippen molar-refractivity contribution < 1.29 is 9.13 Å². The van der Waals surface area contributed by atoms with Gasteiger partial charge in [-0.3, -0.25) is 0 Å². The van der Waals surface area contributed by atoms with Gasteiger partial charge >= 0.3 is 0 Å². The summed E-state index contributed by atoms with van der Waals surface area (Å²) in [5.41, 5.74) is 2.23. The molecule has 0 aliphatic carbocycles. The minimum absolute atomic E-state index is 0.0940. The molecule has 2 nitrogen and oxygen atoms in total. The molecule has 1 N–H and O–H groups in total. The zero-order chi connectivity index (χ0) is 15.2. The van der Waals surface area contributed by atoms with E-state index in [1.54, 1.807) is 6.07 Å². The van der Waals surface area contributed by atoms with Gasteiger partial charge in [-0.15, -0.1) is 0 Å². The summed E-state index contributed by atoms with van der Waals surface area (Å²) in [7, 11) is 1.47. The van der Waals surface area contributed by atoms with Gasteiger partial charge in [-0.05, 0) is 36.1 Å². The molecule has 112 valence electrons. The molecule has 0 spiro atoms. The van der Waals surface area contributed by atoms with Crippen molar-refractivity contribution in [1.82, 2.24) is 5.32 Å². The zero-order valence-electron chi connectivity index (χ0n) is 12.8. The highest BCUT2D eigenvalue weighted by Gasteiger charge is 2.11. The first-order valence-corrected chi connectivity index (χ1v) is 7.23. The molecule has 0 aliphatic heterocycles. The van der Waals surface area contributed by atoms with Crippen LogP contribution in [0.15, 0.2) is 48.5 Å². The number of nitrogens with one attached hydrogen (secondary N) is 1. The first-order chi connectivity index (χ1) is 10.1. The third-order valence-corrected chi connectivity index (χ3v) is 3.77. The molecule has 0 aromatic heterocycles. The van der Waals surface area contributed by atoms with Gasteiger partial charge in [-0.25, -0.2) is 4.39 Å². The lowest BCUT2D eigenvalue weighted by Gasteiger charge is -2.19. The van der Waals surface area contributed by atoms with Crippen LogP contribution < -0.4 is 10.1 Å². The summed E-state index contributed by atoms with van der Waals surface area (Å²) in [5, 5.41) is 3.45. The molecule has 21 heavy (non-hydrogen) atoms. The summed E-state index contributed by atoms with van der Waals surface area (Å²) in [5.74, 6) is 0.375. The van der Waals surface area contributed by atoms with Crippen molar-refractivity contribution in [1.29, 1.82) is 0 Å². The molecule has 2 atom stereocenters. The van der Waals surface area contributed by atoms with E-state index in [1.807, 2.05) is 31.2 Å². The van der Waals surface area contributed by atoms with E-state index >= 15 is 0 Å². The number of halogens is 1. The predicted octanol–water partition coefficient (Wildman–Crippen LogP) is 4.29. The highest BCUT2D eigenvalue weighted by atomic mass is 19.1. The largest absolute Gasteiger partial charge is 0.494 e. The fourth-order valence-corrected chi connectivity index (χ4v) is 2.32. The van der Waals surface area contributed by atoms with E-state index in [0.717, 1.165) is 12.1 Å². The van der Waals surface area contributed by atoms with Crippen LogP contribution in [0.2, 0.25) is 0 Å². The summed E-state index contributed by atoms with van der Waals surface area (Å²) < 4.78 is 18.7. The second kappa shape index (κ2) is 7.23. The maximum absolute atomic E-state index is 13.7. The van der Waals surface area contributed by atoms with Crippen LogP contribution in [0.4, 0.5) is 4.39 Å². The fraction of sp³-hybridized carbons (Fsp3) is 0.333. The molecule has 2 unspecified atom stereocenters. The average Bonchev–Trinajstić information content (AvgIpc) is 2.53. The third-order valence-electron chi connectivity index (χ3n) is 3.77. The number of ether oxygens (including phenoxy) is 1. The number of hydrogen-bond donors (Lipinski definition) is 1. The zero-order valence-corrected chi connectivity index (χ0v) is 12.8.